The Morgan fingerprint density at radius 2 is 0.365 bits per heavy atom. The first-order chi connectivity index (χ1) is 24.2. The summed E-state index contributed by atoms with van der Waals surface area (Å²) in [7, 11) is -12.0. The average Bonchev–Trinajstić information content (AvgIpc) is 3.04. The molecule has 0 bridgehead atoms. The molecule has 0 amide bonds. The molecule has 0 aromatic heterocycles. The van der Waals surface area contributed by atoms with E-state index in [-0.39, 0.29) is 43.1 Å². The largest absolute Gasteiger partial charge is 3.00 e. The third-order valence-corrected chi connectivity index (χ3v) is 11.4. The molecule has 0 radical (unpaired) electrons. The SMILES string of the molecule is CCCCCCCCCCCCCS(=O)(=O)[O-].CCCCCCCCCCCCCS(=O)(=O)[O-].CCCCCCCCCCCCCS(=O)(=O)[O-].[Sc+3]. The second kappa shape index (κ2) is 44.3. The van der Waals surface area contributed by atoms with Gasteiger partial charge < -0.3 is 13.7 Å². The van der Waals surface area contributed by atoms with E-state index in [9.17, 15) is 38.9 Å². The van der Waals surface area contributed by atoms with Gasteiger partial charge in [0.15, 0.2) is 0 Å². The molecule has 0 aliphatic carbocycles. The van der Waals surface area contributed by atoms with Crippen molar-refractivity contribution in [3.63, 3.8) is 0 Å². The Hall–Kier alpha value is 0.600. The van der Waals surface area contributed by atoms with E-state index in [1.54, 1.807) is 0 Å². The molecule has 52 heavy (non-hydrogen) atoms. The van der Waals surface area contributed by atoms with Crippen molar-refractivity contribution in [1.29, 1.82) is 0 Å². The van der Waals surface area contributed by atoms with Gasteiger partial charge in [0.1, 0.15) is 0 Å². The molecule has 0 aliphatic rings. The zero-order chi connectivity index (χ0) is 39.0. The standard InChI is InChI=1S/3C13H28O3S.Sc/c3*1-2-3-4-5-6-7-8-9-10-11-12-13-17(14,15)16;/h3*2-13H2,1H3,(H,14,15,16);/q;;;+3/p-3. The summed E-state index contributed by atoms with van der Waals surface area (Å²) in [5.74, 6) is -0.571. The fourth-order valence-corrected chi connectivity index (χ4v) is 7.50. The third kappa shape index (κ3) is 68.6. The van der Waals surface area contributed by atoms with Crippen LogP contribution < -0.4 is 0 Å². The van der Waals surface area contributed by atoms with Gasteiger partial charge in [-0.2, -0.15) is 0 Å². The number of hydrogen-bond donors (Lipinski definition) is 0. The van der Waals surface area contributed by atoms with Gasteiger partial charge in [0.05, 0.1) is 30.4 Å². The Balaban J connectivity index is -0.000000329. The molecule has 0 saturated carbocycles. The van der Waals surface area contributed by atoms with Crippen molar-refractivity contribution in [3.8, 4) is 0 Å². The molecule has 0 saturated heterocycles. The summed E-state index contributed by atoms with van der Waals surface area (Å²) in [4.78, 5) is 0. The van der Waals surface area contributed by atoms with Crippen molar-refractivity contribution in [3.05, 3.63) is 0 Å². The van der Waals surface area contributed by atoms with Crippen LogP contribution in [0.5, 0.6) is 0 Å². The molecule has 9 nitrogen and oxygen atoms in total. The maximum absolute atomic E-state index is 10.3. The van der Waals surface area contributed by atoms with E-state index in [1.807, 2.05) is 0 Å². The summed E-state index contributed by atoms with van der Waals surface area (Å²) in [6, 6.07) is 0. The molecule has 0 fully saturated rings. The molecule has 0 unspecified atom stereocenters. The Morgan fingerprint density at radius 3 is 0.481 bits per heavy atom. The van der Waals surface area contributed by atoms with Crippen LogP contribution in [0.1, 0.15) is 233 Å². The zero-order valence-electron chi connectivity index (χ0n) is 33.9. The van der Waals surface area contributed by atoms with Crippen LogP contribution in [0, 0.1) is 0 Å². The van der Waals surface area contributed by atoms with Crippen LogP contribution in [0.3, 0.4) is 0 Å². The first kappa shape index (κ1) is 59.3. The Kier molecular flexibility index (Phi) is 50.5. The zero-order valence-corrected chi connectivity index (χ0v) is 38.2. The number of unbranched alkanes of at least 4 members (excludes halogenated alkanes) is 30. The van der Waals surface area contributed by atoms with Crippen LogP contribution in [0.15, 0.2) is 0 Å². The molecule has 13 heteroatoms. The van der Waals surface area contributed by atoms with E-state index >= 15 is 0 Å². The summed E-state index contributed by atoms with van der Waals surface area (Å²) < 4.78 is 93.0. The fraction of sp³-hybridized carbons (Fsp3) is 1.00. The molecular weight excluding hydrogens is 754 g/mol. The minimum absolute atomic E-state index is 0. The summed E-state index contributed by atoms with van der Waals surface area (Å²) in [6.07, 6.45) is 38.6. The van der Waals surface area contributed by atoms with Gasteiger partial charge in [-0.15, -0.1) is 0 Å². The van der Waals surface area contributed by atoms with Gasteiger partial charge in [-0.3, -0.25) is 0 Å². The normalized spacial score (nSPS) is 11.7. The maximum atomic E-state index is 10.3. The van der Waals surface area contributed by atoms with Crippen LogP contribution in [-0.2, 0) is 56.2 Å². The van der Waals surface area contributed by atoms with Crippen molar-refractivity contribution in [2.75, 3.05) is 17.3 Å². The van der Waals surface area contributed by atoms with E-state index in [0.717, 1.165) is 38.5 Å². The topological polar surface area (TPSA) is 172 Å². The van der Waals surface area contributed by atoms with E-state index in [4.69, 9.17) is 0 Å². The molecule has 0 atom stereocenters. The number of hydrogen-bond acceptors (Lipinski definition) is 9. The quantitative estimate of drug-likeness (QED) is 0.0440. The van der Waals surface area contributed by atoms with Crippen molar-refractivity contribution < 1.29 is 64.8 Å². The van der Waals surface area contributed by atoms with Crippen LogP contribution in [0.4, 0.5) is 0 Å². The minimum Gasteiger partial charge on any atom is -0.748 e. The van der Waals surface area contributed by atoms with Crippen molar-refractivity contribution in [2.24, 2.45) is 0 Å². The molecular formula is C39H81O9S3Sc. The summed E-state index contributed by atoms with van der Waals surface area (Å²) >= 11 is 0. The Morgan fingerprint density at radius 1 is 0.250 bits per heavy atom. The van der Waals surface area contributed by atoms with Crippen LogP contribution in [0.25, 0.3) is 0 Å². The first-order valence-electron chi connectivity index (χ1n) is 21.0. The van der Waals surface area contributed by atoms with Crippen LogP contribution in [-0.4, -0.2) is 56.2 Å². The predicted molar refractivity (Wildman–Crippen MR) is 213 cm³/mol. The van der Waals surface area contributed by atoms with Gasteiger partial charge in [0.2, 0.25) is 0 Å². The minimum atomic E-state index is -3.98. The van der Waals surface area contributed by atoms with Gasteiger partial charge in [-0.1, -0.05) is 213 Å². The van der Waals surface area contributed by atoms with Gasteiger partial charge in [-0.25, -0.2) is 25.3 Å². The molecule has 0 aromatic rings. The fourth-order valence-electron chi connectivity index (χ4n) is 5.83. The average molecular weight is 835 g/mol. The summed E-state index contributed by atoms with van der Waals surface area (Å²) in [5, 5.41) is 0. The maximum Gasteiger partial charge on any atom is 3.00 e. The molecule has 0 heterocycles. The van der Waals surface area contributed by atoms with E-state index in [1.165, 1.54) is 154 Å². The molecule has 0 N–H and O–H groups in total. The Bertz CT molecular complexity index is 878. The Labute approximate surface area is 342 Å². The smallest absolute Gasteiger partial charge is 0.748 e. The van der Waals surface area contributed by atoms with Gasteiger partial charge in [0, 0.05) is 17.3 Å². The van der Waals surface area contributed by atoms with E-state index in [0.29, 0.717) is 19.3 Å². The van der Waals surface area contributed by atoms with Crippen molar-refractivity contribution in [1.82, 2.24) is 0 Å². The van der Waals surface area contributed by atoms with E-state index < -0.39 is 30.4 Å². The molecule has 312 valence electrons. The molecule has 0 aromatic carbocycles. The van der Waals surface area contributed by atoms with Gasteiger partial charge >= 0.3 is 25.8 Å². The summed E-state index contributed by atoms with van der Waals surface area (Å²) in [6.45, 7) is 6.67. The number of rotatable bonds is 36. The van der Waals surface area contributed by atoms with Crippen LogP contribution in [0.2, 0.25) is 0 Å². The van der Waals surface area contributed by atoms with Gasteiger partial charge in [0.25, 0.3) is 0 Å². The monoisotopic (exact) mass is 834 g/mol. The second-order valence-corrected chi connectivity index (χ2v) is 19.0. The van der Waals surface area contributed by atoms with Crippen LogP contribution >= 0.6 is 0 Å². The van der Waals surface area contributed by atoms with E-state index in [2.05, 4.69) is 20.8 Å². The predicted octanol–water partition coefficient (Wildman–Crippen LogP) is 11.5. The summed E-state index contributed by atoms with van der Waals surface area (Å²) in [5.41, 5.74) is 0. The molecule has 0 rings (SSSR count). The second-order valence-electron chi connectivity index (χ2n) is 14.4. The van der Waals surface area contributed by atoms with Crippen molar-refractivity contribution in [2.45, 2.75) is 233 Å². The first-order valence-corrected chi connectivity index (χ1v) is 25.7. The third-order valence-electron chi connectivity index (χ3n) is 8.99. The van der Waals surface area contributed by atoms with Crippen molar-refractivity contribution >= 4 is 30.4 Å². The molecule has 0 aliphatic heterocycles. The molecule has 0 spiro atoms. The van der Waals surface area contributed by atoms with Gasteiger partial charge in [-0.05, 0) is 19.3 Å².